The molecule has 1 heterocycles. The molecule has 0 radical (unpaired) electrons. The Morgan fingerprint density at radius 2 is 1.78 bits per heavy atom. The molecule has 3 rings (SSSR count). The molecule has 0 bridgehead atoms. The highest BCUT2D eigenvalue weighted by molar-refractivity contribution is 5.89. The van der Waals surface area contributed by atoms with E-state index in [1.165, 1.54) is 0 Å². The number of fused-ring (bicyclic) bond motifs is 1. The highest BCUT2D eigenvalue weighted by atomic mass is 16.5. The maximum atomic E-state index is 12.5. The van der Waals surface area contributed by atoms with E-state index in [1.807, 2.05) is 53.1 Å². The van der Waals surface area contributed by atoms with Gasteiger partial charge in [0.1, 0.15) is 6.54 Å². The molecule has 2 aromatic carbocycles. The zero-order valence-electron chi connectivity index (χ0n) is 15.5. The minimum Gasteiger partial charge on any atom is -0.466 e. The van der Waals surface area contributed by atoms with Gasteiger partial charge >= 0.3 is 5.97 Å². The minimum atomic E-state index is -0.227. The Balaban J connectivity index is 1.70. The zero-order chi connectivity index (χ0) is 19.1. The van der Waals surface area contributed by atoms with Gasteiger partial charge in [0.25, 0.3) is 0 Å². The van der Waals surface area contributed by atoms with E-state index >= 15 is 0 Å². The smallest absolute Gasteiger partial charge is 0.305 e. The van der Waals surface area contributed by atoms with E-state index in [-0.39, 0.29) is 18.4 Å². The van der Waals surface area contributed by atoms with Crippen molar-refractivity contribution in [3.05, 3.63) is 60.7 Å². The second kappa shape index (κ2) is 9.03. The number of para-hydroxylation sites is 1. The number of amides is 1. The van der Waals surface area contributed by atoms with E-state index in [4.69, 9.17) is 4.74 Å². The average Bonchev–Trinajstić information content (AvgIpc) is 3.05. The summed E-state index contributed by atoms with van der Waals surface area (Å²) in [4.78, 5) is 23.8. The normalized spacial score (nSPS) is 10.7. The molecule has 3 aromatic rings. The lowest BCUT2D eigenvalue weighted by Gasteiger charge is -2.11. The van der Waals surface area contributed by atoms with Gasteiger partial charge in [0.2, 0.25) is 5.91 Å². The lowest BCUT2D eigenvalue weighted by molar-refractivity contribution is -0.143. The Bertz CT molecular complexity index is 916. The van der Waals surface area contributed by atoms with Crippen molar-refractivity contribution in [2.75, 3.05) is 13.2 Å². The second-order valence-corrected chi connectivity index (χ2v) is 6.30. The number of carbonyl (C=O) groups is 2. The van der Waals surface area contributed by atoms with Crippen LogP contribution >= 0.6 is 0 Å². The molecule has 0 aliphatic rings. The quantitative estimate of drug-likeness (QED) is 0.489. The highest BCUT2D eigenvalue weighted by Crippen LogP contribution is 2.28. The van der Waals surface area contributed by atoms with Crippen molar-refractivity contribution in [1.82, 2.24) is 9.88 Å². The van der Waals surface area contributed by atoms with Gasteiger partial charge in [-0.25, -0.2) is 0 Å². The van der Waals surface area contributed by atoms with Crippen LogP contribution in [-0.4, -0.2) is 29.6 Å². The highest BCUT2D eigenvalue weighted by Gasteiger charge is 2.13. The second-order valence-electron chi connectivity index (χ2n) is 6.30. The SMILES string of the molecule is CCOC(=O)CCCNC(=O)Cn1c(-c2ccccc2)cc2ccccc21. The fraction of sp³-hybridized carbons (Fsp3) is 0.273. The molecule has 0 unspecified atom stereocenters. The van der Waals surface area contributed by atoms with Crippen LogP contribution in [0, 0.1) is 0 Å². The van der Waals surface area contributed by atoms with E-state index in [2.05, 4.69) is 17.4 Å². The average molecular weight is 364 g/mol. The van der Waals surface area contributed by atoms with Crippen LogP contribution in [0.3, 0.4) is 0 Å². The van der Waals surface area contributed by atoms with Gasteiger partial charge in [-0.2, -0.15) is 0 Å². The molecule has 0 atom stereocenters. The maximum Gasteiger partial charge on any atom is 0.305 e. The van der Waals surface area contributed by atoms with Crippen molar-refractivity contribution in [3.63, 3.8) is 0 Å². The summed E-state index contributed by atoms with van der Waals surface area (Å²) < 4.78 is 6.92. The molecule has 1 aromatic heterocycles. The first-order valence-corrected chi connectivity index (χ1v) is 9.25. The van der Waals surface area contributed by atoms with Crippen molar-refractivity contribution in [2.24, 2.45) is 0 Å². The zero-order valence-corrected chi connectivity index (χ0v) is 15.5. The summed E-state index contributed by atoms with van der Waals surface area (Å²) in [5.41, 5.74) is 3.11. The number of hydrogen-bond acceptors (Lipinski definition) is 3. The fourth-order valence-electron chi connectivity index (χ4n) is 3.12. The third kappa shape index (κ3) is 4.76. The van der Waals surface area contributed by atoms with E-state index in [0.717, 1.165) is 22.2 Å². The number of benzene rings is 2. The number of nitrogens with zero attached hydrogens (tertiary/aromatic N) is 1. The summed E-state index contributed by atoms with van der Waals surface area (Å²) in [6.07, 6.45) is 0.887. The third-order valence-corrected chi connectivity index (χ3v) is 4.37. The molecule has 0 saturated heterocycles. The number of esters is 1. The van der Waals surface area contributed by atoms with Gasteiger partial charge in [0.05, 0.1) is 6.61 Å². The molecule has 1 amide bonds. The number of carbonyl (C=O) groups excluding carboxylic acids is 2. The lowest BCUT2D eigenvalue weighted by atomic mass is 10.1. The first-order valence-electron chi connectivity index (χ1n) is 9.25. The number of rotatable bonds is 8. The molecule has 27 heavy (non-hydrogen) atoms. The van der Waals surface area contributed by atoms with Crippen LogP contribution < -0.4 is 5.32 Å². The summed E-state index contributed by atoms with van der Waals surface area (Å²) in [6, 6.07) is 20.2. The molecule has 0 saturated carbocycles. The topological polar surface area (TPSA) is 60.3 Å². The molecule has 0 spiro atoms. The number of aromatic nitrogens is 1. The predicted molar refractivity (Wildman–Crippen MR) is 106 cm³/mol. The van der Waals surface area contributed by atoms with Crippen LogP contribution in [0.5, 0.6) is 0 Å². The summed E-state index contributed by atoms with van der Waals surface area (Å²) in [6.45, 7) is 2.86. The van der Waals surface area contributed by atoms with Gasteiger partial charge in [-0.05, 0) is 31.0 Å². The van der Waals surface area contributed by atoms with Gasteiger partial charge in [0.15, 0.2) is 0 Å². The van der Waals surface area contributed by atoms with Crippen molar-refractivity contribution < 1.29 is 14.3 Å². The van der Waals surface area contributed by atoms with Gasteiger partial charge < -0.3 is 14.6 Å². The lowest BCUT2D eigenvalue weighted by Crippen LogP contribution is -2.29. The van der Waals surface area contributed by atoms with Crippen molar-refractivity contribution in [3.8, 4) is 11.3 Å². The summed E-state index contributed by atoms with van der Waals surface area (Å²) in [7, 11) is 0. The van der Waals surface area contributed by atoms with E-state index in [0.29, 0.717) is 26.0 Å². The Morgan fingerprint density at radius 1 is 1.04 bits per heavy atom. The van der Waals surface area contributed by atoms with Crippen LogP contribution in [0.15, 0.2) is 60.7 Å². The fourth-order valence-corrected chi connectivity index (χ4v) is 3.12. The van der Waals surface area contributed by atoms with Gasteiger partial charge in [-0.3, -0.25) is 9.59 Å². The van der Waals surface area contributed by atoms with Crippen LogP contribution in [0.4, 0.5) is 0 Å². The van der Waals surface area contributed by atoms with Crippen LogP contribution in [0.2, 0.25) is 0 Å². The van der Waals surface area contributed by atoms with Crippen LogP contribution in [0.1, 0.15) is 19.8 Å². The van der Waals surface area contributed by atoms with Crippen LogP contribution in [-0.2, 0) is 20.9 Å². The molecule has 1 N–H and O–H groups in total. The predicted octanol–water partition coefficient (Wildman–Crippen LogP) is 3.77. The Morgan fingerprint density at radius 3 is 2.56 bits per heavy atom. The largest absolute Gasteiger partial charge is 0.466 e. The standard InChI is InChI=1S/C22H24N2O3/c1-2-27-22(26)13-8-14-23-21(25)16-24-19-12-7-6-11-18(19)15-20(24)17-9-4-3-5-10-17/h3-7,9-12,15H,2,8,13-14,16H2,1H3,(H,23,25). The molecule has 140 valence electrons. The first-order chi connectivity index (χ1) is 13.2. The van der Waals surface area contributed by atoms with Crippen LogP contribution in [0.25, 0.3) is 22.2 Å². The van der Waals surface area contributed by atoms with E-state index in [1.54, 1.807) is 6.92 Å². The molecule has 5 heteroatoms. The molecule has 0 aliphatic heterocycles. The number of hydrogen-bond donors (Lipinski definition) is 1. The van der Waals surface area contributed by atoms with Crippen molar-refractivity contribution in [2.45, 2.75) is 26.3 Å². The Hall–Kier alpha value is -3.08. The Kier molecular flexibility index (Phi) is 6.26. The molecule has 0 aliphatic carbocycles. The Labute approximate surface area is 158 Å². The number of nitrogens with one attached hydrogen (secondary N) is 1. The summed E-state index contributed by atoms with van der Waals surface area (Å²) >= 11 is 0. The van der Waals surface area contributed by atoms with Crippen molar-refractivity contribution >= 4 is 22.8 Å². The van der Waals surface area contributed by atoms with Crippen molar-refractivity contribution in [1.29, 1.82) is 0 Å². The van der Waals surface area contributed by atoms with Gasteiger partial charge in [-0.15, -0.1) is 0 Å². The van der Waals surface area contributed by atoms with E-state index in [9.17, 15) is 9.59 Å². The summed E-state index contributed by atoms with van der Waals surface area (Å²) in [5, 5.41) is 4.00. The monoisotopic (exact) mass is 364 g/mol. The molecule has 5 nitrogen and oxygen atoms in total. The van der Waals surface area contributed by atoms with Gasteiger partial charge in [-0.1, -0.05) is 48.5 Å². The van der Waals surface area contributed by atoms with Gasteiger partial charge in [0, 0.05) is 29.6 Å². The molecular formula is C22H24N2O3. The molecular weight excluding hydrogens is 340 g/mol. The van der Waals surface area contributed by atoms with E-state index < -0.39 is 0 Å². The maximum absolute atomic E-state index is 12.5. The minimum absolute atomic E-state index is 0.0719. The molecule has 0 fully saturated rings. The third-order valence-electron chi connectivity index (χ3n) is 4.37. The number of ether oxygens (including phenoxy) is 1. The summed E-state index contributed by atoms with van der Waals surface area (Å²) in [5.74, 6) is -0.299. The first kappa shape index (κ1) is 18.7.